The first kappa shape index (κ1) is 7.74. The molecule has 3 heteroatoms. The lowest BCUT2D eigenvalue weighted by molar-refractivity contribution is 0.605. The van der Waals surface area contributed by atoms with E-state index in [1.165, 1.54) is 16.7 Å². The van der Waals surface area contributed by atoms with Crippen molar-refractivity contribution >= 4 is 0 Å². The van der Waals surface area contributed by atoms with Gasteiger partial charge in [-0.15, -0.1) is 0 Å². The van der Waals surface area contributed by atoms with E-state index in [-0.39, 0.29) is 0 Å². The molecule has 1 aromatic heterocycles. The van der Waals surface area contributed by atoms with Crippen LogP contribution in [0.4, 0.5) is 0 Å². The molecule has 2 aromatic rings. The zero-order valence-corrected chi connectivity index (χ0v) is 8.07. The molecule has 0 fully saturated rings. The van der Waals surface area contributed by atoms with Crippen molar-refractivity contribution in [2.45, 2.75) is 19.9 Å². The fourth-order valence-electron chi connectivity index (χ4n) is 2.01. The summed E-state index contributed by atoms with van der Waals surface area (Å²) in [7, 11) is 0. The zero-order valence-electron chi connectivity index (χ0n) is 8.07. The van der Waals surface area contributed by atoms with Crippen LogP contribution in [0.2, 0.25) is 0 Å². The lowest BCUT2D eigenvalue weighted by Crippen LogP contribution is -2.12. The highest BCUT2D eigenvalue weighted by molar-refractivity contribution is 5.62. The lowest BCUT2D eigenvalue weighted by atomic mass is 9.99. The third-order valence-corrected chi connectivity index (χ3v) is 2.71. The quantitative estimate of drug-likeness (QED) is 0.626. The van der Waals surface area contributed by atoms with Crippen LogP contribution in [-0.4, -0.2) is 14.8 Å². The second kappa shape index (κ2) is 2.67. The van der Waals surface area contributed by atoms with Crippen molar-refractivity contribution < 1.29 is 0 Å². The van der Waals surface area contributed by atoms with E-state index in [0.29, 0.717) is 0 Å². The first-order valence-electron chi connectivity index (χ1n) is 4.82. The zero-order chi connectivity index (χ0) is 9.54. The van der Waals surface area contributed by atoms with Gasteiger partial charge >= 0.3 is 0 Å². The molecule has 0 bridgehead atoms. The SMILES string of the molecule is Cc1ccc2c(c1)CCn1ncnc1-2. The third-order valence-electron chi connectivity index (χ3n) is 2.71. The van der Waals surface area contributed by atoms with Crippen LogP contribution in [-0.2, 0) is 13.0 Å². The molecule has 0 saturated carbocycles. The van der Waals surface area contributed by atoms with Crippen LogP contribution in [0.3, 0.4) is 0 Å². The van der Waals surface area contributed by atoms with Gasteiger partial charge < -0.3 is 0 Å². The average molecular weight is 185 g/mol. The molecule has 1 aliphatic rings. The molecule has 14 heavy (non-hydrogen) atoms. The molecule has 0 unspecified atom stereocenters. The predicted molar refractivity (Wildman–Crippen MR) is 53.9 cm³/mol. The van der Waals surface area contributed by atoms with Crippen LogP contribution >= 0.6 is 0 Å². The Bertz CT molecular complexity index is 485. The number of fused-ring (bicyclic) bond motifs is 3. The minimum atomic E-state index is 0.950. The minimum Gasteiger partial charge on any atom is -0.245 e. The fourth-order valence-corrected chi connectivity index (χ4v) is 2.01. The summed E-state index contributed by atoms with van der Waals surface area (Å²) < 4.78 is 1.97. The van der Waals surface area contributed by atoms with E-state index < -0.39 is 0 Å². The number of rotatable bonds is 0. The molecule has 0 spiro atoms. The first-order valence-corrected chi connectivity index (χ1v) is 4.82. The molecule has 3 nitrogen and oxygen atoms in total. The van der Waals surface area contributed by atoms with Gasteiger partial charge in [0.25, 0.3) is 0 Å². The Hall–Kier alpha value is -1.64. The number of hydrogen-bond acceptors (Lipinski definition) is 2. The molecule has 2 heterocycles. The van der Waals surface area contributed by atoms with E-state index >= 15 is 0 Å². The van der Waals surface area contributed by atoms with Crippen molar-refractivity contribution in [1.29, 1.82) is 0 Å². The van der Waals surface area contributed by atoms with Gasteiger partial charge in [0.05, 0.1) is 0 Å². The van der Waals surface area contributed by atoms with Crippen molar-refractivity contribution in [1.82, 2.24) is 14.8 Å². The van der Waals surface area contributed by atoms with Crippen LogP contribution in [0.15, 0.2) is 24.5 Å². The van der Waals surface area contributed by atoms with Gasteiger partial charge in [0.2, 0.25) is 0 Å². The van der Waals surface area contributed by atoms with Gasteiger partial charge in [0.15, 0.2) is 5.82 Å². The normalized spacial score (nSPS) is 13.5. The maximum Gasteiger partial charge on any atom is 0.158 e. The molecule has 1 aromatic carbocycles. The second-order valence-electron chi connectivity index (χ2n) is 3.72. The highest BCUT2D eigenvalue weighted by atomic mass is 15.3. The van der Waals surface area contributed by atoms with Crippen molar-refractivity contribution in [3.05, 3.63) is 35.7 Å². The number of nitrogens with zero attached hydrogens (tertiary/aromatic N) is 3. The molecule has 0 saturated heterocycles. The van der Waals surface area contributed by atoms with Crippen LogP contribution in [0, 0.1) is 6.92 Å². The van der Waals surface area contributed by atoms with Crippen molar-refractivity contribution in [3.8, 4) is 11.4 Å². The number of benzene rings is 1. The molecule has 3 rings (SSSR count). The summed E-state index contributed by atoms with van der Waals surface area (Å²) in [6.07, 6.45) is 2.69. The minimum absolute atomic E-state index is 0.950. The lowest BCUT2D eigenvalue weighted by Gasteiger charge is -2.16. The van der Waals surface area contributed by atoms with Gasteiger partial charge in [-0.05, 0) is 18.9 Å². The monoisotopic (exact) mass is 185 g/mol. The van der Waals surface area contributed by atoms with Crippen LogP contribution < -0.4 is 0 Å². The van der Waals surface area contributed by atoms with E-state index in [2.05, 4.69) is 35.2 Å². The van der Waals surface area contributed by atoms with E-state index in [4.69, 9.17) is 0 Å². The Kier molecular flexibility index (Phi) is 1.48. The van der Waals surface area contributed by atoms with E-state index in [9.17, 15) is 0 Å². The summed E-state index contributed by atoms with van der Waals surface area (Å²) in [6.45, 7) is 3.07. The van der Waals surface area contributed by atoms with Gasteiger partial charge in [-0.3, -0.25) is 0 Å². The summed E-state index contributed by atoms with van der Waals surface area (Å²) in [5.41, 5.74) is 3.95. The van der Waals surface area contributed by atoms with Gasteiger partial charge in [0, 0.05) is 12.1 Å². The Morgan fingerprint density at radius 3 is 3.21 bits per heavy atom. The molecule has 70 valence electrons. The predicted octanol–water partition coefficient (Wildman–Crippen LogP) is 1.81. The fraction of sp³-hybridized carbons (Fsp3) is 0.273. The summed E-state index contributed by atoms with van der Waals surface area (Å²) in [5, 5.41) is 4.18. The summed E-state index contributed by atoms with van der Waals surface area (Å²) in [6, 6.07) is 6.51. The van der Waals surface area contributed by atoms with Gasteiger partial charge in [-0.25, -0.2) is 9.67 Å². The van der Waals surface area contributed by atoms with Crippen molar-refractivity contribution in [2.75, 3.05) is 0 Å². The first-order chi connectivity index (χ1) is 6.84. The Morgan fingerprint density at radius 2 is 2.29 bits per heavy atom. The number of hydrogen-bond donors (Lipinski definition) is 0. The third kappa shape index (κ3) is 0.985. The second-order valence-corrected chi connectivity index (χ2v) is 3.72. The maximum absolute atomic E-state index is 4.28. The standard InChI is InChI=1S/C11H11N3/c1-8-2-3-10-9(6-8)4-5-14-11(10)12-7-13-14/h2-3,6-7H,4-5H2,1H3. The molecule has 0 amide bonds. The van der Waals surface area contributed by atoms with Crippen LogP contribution in [0.5, 0.6) is 0 Å². The summed E-state index contributed by atoms with van der Waals surface area (Å²) in [4.78, 5) is 4.28. The number of aromatic nitrogens is 3. The summed E-state index contributed by atoms with van der Waals surface area (Å²) in [5.74, 6) is 1.01. The van der Waals surface area contributed by atoms with E-state index in [1.807, 2.05) is 4.68 Å². The van der Waals surface area contributed by atoms with E-state index in [0.717, 1.165) is 18.8 Å². The molecular weight excluding hydrogens is 174 g/mol. The van der Waals surface area contributed by atoms with Crippen molar-refractivity contribution in [3.63, 3.8) is 0 Å². The molecule has 0 N–H and O–H groups in total. The topological polar surface area (TPSA) is 30.7 Å². The maximum atomic E-state index is 4.28. The Labute approximate surface area is 82.4 Å². The van der Waals surface area contributed by atoms with E-state index in [1.54, 1.807) is 6.33 Å². The van der Waals surface area contributed by atoms with Gasteiger partial charge in [0.1, 0.15) is 6.33 Å². The highest BCUT2D eigenvalue weighted by Crippen LogP contribution is 2.27. The van der Waals surface area contributed by atoms with Gasteiger partial charge in [-0.1, -0.05) is 23.8 Å². The van der Waals surface area contributed by atoms with Gasteiger partial charge in [-0.2, -0.15) is 5.10 Å². The molecule has 0 atom stereocenters. The molecular formula is C11H11N3. The van der Waals surface area contributed by atoms with Crippen LogP contribution in [0.1, 0.15) is 11.1 Å². The largest absolute Gasteiger partial charge is 0.245 e. The number of aryl methyl sites for hydroxylation is 3. The highest BCUT2D eigenvalue weighted by Gasteiger charge is 2.16. The van der Waals surface area contributed by atoms with Crippen molar-refractivity contribution in [2.24, 2.45) is 0 Å². The Balaban J connectivity index is 2.26. The Morgan fingerprint density at radius 1 is 1.36 bits per heavy atom. The van der Waals surface area contributed by atoms with Crippen LogP contribution in [0.25, 0.3) is 11.4 Å². The molecule has 0 aliphatic carbocycles. The molecule has 0 radical (unpaired) electrons. The summed E-state index contributed by atoms with van der Waals surface area (Å²) >= 11 is 0. The average Bonchev–Trinajstić information content (AvgIpc) is 2.65. The smallest absolute Gasteiger partial charge is 0.158 e. The molecule has 1 aliphatic heterocycles.